The molecule has 0 aromatic heterocycles. The Hall–Kier alpha value is -1.62. The second kappa shape index (κ2) is 5.14. The number of piperidine rings is 1. The first kappa shape index (κ1) is 11.9. The molecule has 1 amide bonds. The van der Waals surface area contributed by atoms with Crippen molar-refractivity contribution in [3.8, 4) is 0 Å². The van der Waals surface area contributed by atoms with Crippen LogP contribution in [0.3, 0.4) is 0 Å². The van der Waals surface area contributed by atoms with Gasteiger partial charge in [-0.3, -0.25) is 4.79 Å². The average Bonchev–Trinajstić information content (AvgIpc) is 2.35. The normalized spacial score (nSPS) is 16.8. The van der Waals surface area contributed by atoms with Gasteiger partial charge in [0.05, 0.1) is 11.4 Å². The van der Waals surface area contributed by atoms with Gasteiger partial charge in [0, 0.05) is 5.92 Å². The molecular formula is C12H16FN3O. The minimum Gasteiger partial charge on any atom is -0.397 e. The van der Waals surface area contributed by atoms with Crippen molar-refractivity contribution in [3.05, 3.63) is 24.0 Å². The minimum absolute atomic E-state index is 0.0149. The van der Waals surface area contributed by atoms with Crippen molar-refractivity contribution in [2.45, 2.75) is 12.8 Å². The lowest BCUT2D eigenvalue weighted by atomic mass is 9.97. The summed E-state index contributed by atoms with van der Waals surface area (Å²) in [5, 5.41) is 5.88. The van der Waals surface area contributed by atoms with Gasteiger partial charge < -0.3 is 16.4 Å². The second-order valence-electron chi connectivity index (χ2n) is 4.25. The number of amides is 1. The molecule has 5 heteroatoms. The summed E-state index contributed by atoms with van der Waals surface area (Å²) in [5.41, 5.74) is 6.41. The first-order valence-electron chi connectivity index (χ1n) is 5.73. The molecule has 1 aliphatic heterocycles. The van der Waals surface area contributed by atoms with E-state index >= 15 is 0 Å². The Kier molecular flexibility index (Phi) is 3.58. The fourth-order valence-electron chi connectivity index (χ4n) is 1.96. The van der Waals surface area contributed by atoms with Gasteiger partial charge in [0.15, 0.2) is 0 Å². The first-order valence-corrected chi connectivity index (χ1v) is 5.73. The van der Waals surface area contributed by atoms with Crippen LogP contribution in [-0.4, -0.2) is 19.0 Å². The zero-order valence-electron chi connectivity index (χ0n) is 9.50. The van der Waals surface area contributed by atoms with Crippen LogP contribution in [0.1, 0.15) is 12.8 Å². The molecule has 4 nitrogen and oxygen atoms in total. The molecular weight excluding hydrogens is 221 g/mol. The van der Waals surface area contributed by atoms with E-state index in [0.29, 0.717) is 11.4 Å². The number of nitrogens with one attached hydrogen (secondary N) is 2. The molecule has 1 heterocycles. The quantitative estimate of drug-likeness (QED) is 0.680. The van der Waals surface area contributed by atoms with Crippen LogP contribution in [0.5, 0.6) is 0 Å². The molecule has 1 aromatic carbocycles. The van der Waals surface area contributed by atoms with Crippen molar-refractivity contribution in [2.24, 2.45) is 5.92 Å². The van der Waals surface area contributed by atoms with Gasteiger partial charge in [-0.2, -0.15) is 0 Å². The van der Waals surface area contributed by atoms with E-state index in [1.807, 2.05) is 0 Å². The van der Waals surface area contributed by atoms with E-state index in [-0.39, 0.29) is 11.8 Å². The molecule has 0 unspecified atom stereocenters. The maximum atomic E-state index is 13.0. The fraction of sp³-hybridized carbons (Fsp3) is 0.417. The predicted molar refractivity (Wildman–Crippen MR) is 65.0 cm³/mol. The molecule has 0 saturated carbocycles. The van der Waals surface area contributed by atoms with Crippen LogP contribution in [0.2, 0.25) is 0 Å². The summed E-state index contributed by atoms with van der Waals surface area (Å²) in [6.45, 7) is 1.69. The average molecular weight is 237 g/mol. The monoisotopic (exact) mass is 237 g/mol. The van der Waals surface area contributed by atoms with Gasteiger partial charge >= 0.3 is 0 Å². The molecule has 92 valence electrons. The highest BCUT2D eigenvalue weighted by Crippen LogP contribution is 2.21. The number of nitrogens with two attached hydrogens (primary N) is 1. The molecule has 4 N–H and O–H groups in total. The van der Waals surface area contributed by atoms with E-state index in [2.05, 4.69) is 10.6 Å². The highest BCUT2D eigenvalue weighted by atomic mass is 19.1. The summed E-state index contributed by atoms with van der Waals surface area (Å²) in [6, 6.07) is 3.97. The van der Waals surface area contributed by atoms with Gasteiger partial charge in [0.25, 0.3) is 0 Å². The largest absolute Gasteiger partial charge is 0.397 e. The number of hydrogen-bond acceptors (Lipinski definition) is 3. The second-order valence-corrected chi connectivity index (χ2v) is 4.25. The lowest BCUT2D eigenvalue weighted by molar-refractivity contribution is -0.120. The highest BCUT2D eigenvalue weighted by Gasteiger charge is 2.21. The zero-order valence-corrected chi connectivity index (χ0v) is 9.50. The van der Waals surface area contributed by atoms with Gasteiger partial charge in [0.2, 0.25) is 5.91 Å². The number of rotatable bonds is 2. The highest BCUT2D eigenvalue weighted by molar-refractivity contribution is 5.95. The summed E-state index contributed by atoms with van der Waals surface area (Å²) in [6.07, 6.45) is 1.61. The molecule has 1 fully saturated rings. The SMILES string of the molecule is Nc1ccc(F)cc1NC(=O)C1CCNCC1. The van der Waals surface area contributed by atoms with Crippen LogP contribution in [0.25, 0.3) is 0 Å². The van der Waals surface area contributed by atoms with Crippen molar-refractivity contribution in [1.82, 2.24) is 5.32 Å². The van der Waals surface area contributed by atoms with Crippen molar-refractivity contribution >= 4 is 17.3 Å². The molecule has 0 bridgehead atoms. The zero-order chi connectivity index (χ0) is 12.3. The van der Waals surface area contributed by atoms with Crippen LogP contribution < -0.4 is 16.4 Å². The number of carbonyl (C=O) groups excluding carboxylic acids is 1. The van der Waals surface area contributed by atoms with Crippen molar-refractivity contribution in [1.29, 1.82) is 0 Å². The molecule has 0 aliphatic carbocycles. The van der Waals surface area contributed by atoms with E-state index in [1.165, 1.54) is 18.2 Å². The smallest absolute Gasteiger partial charge is 0.227 e. The number of hydrogen-bond donors (Lipinski definition) is 3. The Morgan fingerprint density at radius 3 is 2.82 bits per heavy atom. The number of nitrogen functional groups attached to an aromatic ring is 1. The molecule has 17 heavy (non-hydrogen) atoms. The lowest BCUT2D eigenvalue weighted by Crippen LogP contribution is -2.34. The van der Waals surface area contributed by atoms with Gasteiger partial charge in [0.1, 0.15) is 5.82 Å². The summed E-state index contributed by atoms with van der Waals surface area (Å²) >= 11 is 0. The Morgan fingerprint density at radius 1 is 1.41 bits per heavy atom. The third kappa shape index (κ3) is 2.94. The Balaban J connectivity index is 2.04. The van der Waals surface area contributed by atoms with Crippen LogP contribution in [-0.2, 0) is 4.79 Å². The Morgan fingerprint density at radius 2 is 2.12 bits per heavy atom. The van der Waals surface area contributed by atoms with Gasteiger partial charge in [-0.1, -0.05) is 0 Å². The minimum atomic E-state index is -0.403. The van der Waals surface area contributed by atoms with E-state index in [4.69, 9.17) is 5.73 Å². The summed E-state index contributed by atoms with van der Waals surface area (Å²) < 4.78 is 13.0. The number of benzene rings is 1. The van der Waals surface area contributed by atoms with Crippen molar-refractivity contribution in [3.63, 3.8) is 0 Å². The van der Waals surface area contributed by atoms with Crippen LogP contribution in [0.4, 0.5) is 15.8 Å². The standard InChI is InChI=1S/C12H16FN3O/c13-9-1-2-10(14)11(7-9)16-12(17)8-3-5-15-6-4-8/h1-2,7-8,15H,3-6,14H2,(H,16,17). The van der Waals surface area contributed by atoms with Crippen LogP contribution >= 0.6 is 0 Å². The lowest BCUT2D eigenvalue weighted by Gasteiger charge is -2.22. The fourth-order valence-corrected chi connectivity index (χ4v) is 1.96. The number of halogens is 1. The predicted octanol–water partition coefficient (Wildman–Crippen LogP) is 1.35. The van der Waals surface area contributed by atoms with Crippen molar-refractivity contribution < 1.29 is 9.18 Å². The van der Waals surface area contributed by atoms with E-state index in [9.17, 15) is 9.18 Å². The topological polar surface area (TPSA) is 67.1 Å². The maximum absolute atomic E-state index is 13.0. The molecule has 0 spiro atoms. The molecule has 1 aliphatic rings. The van der Waals surface area contributed by atoms with E-state index in [1.54, 1.807) is 0 Å². The molecule has 0 radical (unpaired) electrons. The Labute approximate surface area is 99.4 Å². The van der Waals surface area contributed by atoms with Gasteiger partial charge in [-0.25, -0.2) is 4.39 Å². The summed E-state index contributed by atoms with van der Waals surface area (Å²) in [4.78, 5) is 11.9. The summed E-state index contributed by atoms with van der Waals surface area (Å²) in [7, 11) is 0. The van der Waals surface area contributed by atoms with E-state index < -0.39 is 5.82 Å². The van der Waals surface area contributed by atoms with Crippen molar-refractivity contribution in [2.75, 3.05) is 24.1 Å². The third-order valence-electron chi connectivity index (χ3n) is 2.98. The molecule has 0 atom stereocenters. The molecule has 1 saturated heterocycles. The summed E-state index contributed by atoms with van der Waals surface area (Å²) in [5.74, 6) is -0.498. The first-order chi connectivity index (χ1) is 8.16. The molecule has 2 rings (SSSR count). The molecule has 1 aromatic rings. The van der Waals surface area contributed by atoms with E-state index in [0.717, 1.165) is 25.9 Å². The Bertz CT molecular complexity index is 416. The third-order valence-corrected chi connectivity index (χ3v) is 2.98. The van der Waals surface area contributed by atoms with Gasteiger partial charge in [-0.05, 0) is 44.1 Å². The number of carbonyl (C=O) groups is 1. The van der Waals surface area contributed by atoms with Gasteiger partial charge in [-0.15, -0.1) is 0 Å². The van der Waals surface area contributed by atoms with Crippen LogP contribution in [0.15, 0.2) is 18.2 Å². The number of anilines is 2. The maximum Gasteiger partial charge on any atom is 0.227 e. The van der Waals surface area contributed by atoms with Crippen LogP contribution in [0, 0.1) is 11.7 Å².